The molecule has 0 unspecified atom stereocenters. The average Bonchev–Trinajstić information content (AvgIpc) is 2.94. The molecule has 3 rings (SSSR count). The van der Waals surface area contributed by atoms with E-state index < -0.39 is 0 Å². The van der Waals surface area contributed by atoms with Gasteiger partial charge in [-0.15, -0.1) is 0 Å². The molecule has 4 heteroatoms. The van der Waals surface area contributed by atoms with E-state index in [9.17, 15) is 4.79 Å². The van der Waals surface area contributed by atoms with E-state index in [1.54, 1.807) is 0 Å². The van der Waals surface area contributed by atoms with E-state index in [0.717, 1.165) is 35.5 Å². The molecule has 24 heavy (non-hydrogen) atoms. The van der Waals surface area contributed by atoms with Crippen LogP contribution < -0.4 is 5.68 Å². The topological polar surface area (TPSA) is 47.5 Å². The standard InChI is InChI=1S/C20H20N2O2/c1-3-14-22-18(16-10-6-4-7-11-16)19(17-12-8-5-9-13-17)24-20(22)21-15(2)23/h4-13H,3,14H2,1-2H3. The van der Waals surface area contributed by atoms with E-state index in [0.29, 0.717) is 5.68 Å². The van der Waals surface area contributed by atoms with Crippen molar-refractivity contribution in [3.63, 3.8) is 0 Å². The number of carbonyl (C=O) groups is 1. The first kappa shape index (κ1) is 16.0. The molecule has 0 fully saturated rings. The third kappa shape index (κ3) is 3.23. The van der Waals surface area contributed by atoms with Gasteiger partial charge in [0, 0.05) is 24.6 Å². The van der Waals surface area contributed by atoms with Crippen LogP contribution in [0.5, 0.6) is 0 Å². The second-order valence-corrected chi connectivity index (χ2v) is 5.58. The molecule has 1 heterocycles. The van der Waals surface area contributed by atoms with Crippen LogP contribution in [0.25, 0.3) is 22.6 Å². The lowest BCUT2D eigenvalue weighted by Crippen LogP contribution is -2.18. The molecule has 122 valence electrons. The number of aromatic nitrogens is 1. The molecular formula is C20H20N2O2. The molecule has 4 nitrogen and oxygen atoms in total. The first-order valence-electron chi connectivity index (χ1n) is 8.10. The van der Waals surface area contributed by atoms with E-state index in [2.05, 4.69) is 11.9 Å². The Morgan fingerprint density at radius 1 is 1.00 bits per heavy atom. The molecule has 0 saturated heterocycles. The highest BCUT2D eigenvalue weighted by molar-refractivity contribution is 5.77. The first-order chi connectivity index (χ1) is 11.7. The van der Waals surface area contributed by atoms with Crippen molar-refractivity contribution in [2.75, 3.05) is 0 Å². The van der Waals surface area contributed by atoms with Crippen molar-refractivity contribution in [2.45, 2.75) is 26.8 Å². The quantitative estimate of drug-likeness (QED) is 0.720. The number of oxazole rings is 1. The Kier molecular flexibility index (Phi) is 4.75. The minimum atomic E-state index is -0.271. The van der Waals surface area contributed by atoms with Crippen molar-refractivity contribution in [2.24, 2.45) is 4.99 Å². The van der Waals surface area contributed by atoms with E-state index in [1.165, 1.54) is 6.92 Å². The number of hydrogen-bond donors (Lipinski definition) is 0. The number of benzene rings is 2. The maximum atomic E-state index is 11.5. The highest BCUT2D eigenvalue weighted by atomic mass is 16.4. The Morgan fingerprint density at radius 2 is 1.58 bits per heavy atom. The Morgan fingerprint density at radius 3 is 2.12 bits per heavy atom. The van der Waals surface area contributed by atoms with Crippen molar-refractivity contribution in [3.05, 3.63) is 66.3 Å². The van der Waals surface area contributed by atoms with Gasteiger partial charge in [-0.25, -0.2) is 0 Å². The fourth-order valence-corrected chi connectivity index (χ4v) is 2.73. The van der Waals surface area contributed by atoms with Gasteiger partial charge in [0.05, 0.1) is 5.69 Å². The Balaban J connectivity index is 2.34. The van der Waals surface area contributed by atoms with Gasteiger partial charge in [0.2, 0.25) is 5.91 Å². The molecule has 0 saturated carbocycles. The highest BCUT2D eigenvalue weighted by Gasteiger charge is 2.18. The van der Waals surface area contributed by atoms with Crippen LogP contribution in [0.15, 0.2) is 70.1 Å². The molecule has 1 amide bonds. The van der Waals surface area contributed by atoms with Crippen LogP contribution >= 0.6 is 0 Å². The zero-order valence-corrected chi connectivity index (χ0v) is 13.9. The molecule has 2 aromatic carbocycles. The summed E-state index contributed by atoms with van der Waals surface area (Å²) in [6.45, 7) is 4.25. The van der Waals surface area contributed by atoms with Gasteiger partial charge in [-0.3, -0.25) is 9.36 Å². The molecule has 1 aromatic heterocycles. The largest absolute Gasteiger partial charge is 0.423 e. The summed E-state index contributed by atoms with van der Waals surface area (Å²) >= 11 is 0. The second kappa shape index (κ2) is 7.13. The van der Waals surface area contributed by atoms with Crippen molar-refractivity contribution in [3.8, 4) is 22.6 Å². The smallest absolute Gasteiger partial charge is 0.305 e. The minimum absolute atomic E-state index is 0.271. The van der Waals surface area contributed by atoms with Crippen LogP contribution in [0.1, 0.15) is 20.3 Å². The van der Waals surface area contributed by atoms with Gasteiger partial charge in [-0.05, 0) is 6.42 Å². The fourth-order valence-electron chi connectivity index (χ4n) is 2.73. The van der Waals surface area contributed by atoms with E-state index >= 15 is 0 Å². The lowest BCUT2D eigenvalue weighted by Gasteiger charge is -2.08. The van der Waals surface area contributed by atoms with Crippen molar-refractivity contribution in [1.82, 2.24) is 4.57 Å². The fraction of sp³-hybridized carbons (Fsp3) is 0.200. The number of carbonyl (C=O) groups excluding carboxylic acids is 1. The normalized spacial score (nSPS) is 11.7. The van der Waals surface area contributed by atoms with Crippen LogP contribution in [-0.2, 0) is 11.3 Å². The lowest BCUT2D eigenvalue weighted by atomic mass is 10.1. The molecule has 0 aliphatic carbocycles. The predicted molar refractivity (Wildman–Crippen MR) is 94.1 cm³/mol. The van der Waals surface area contributed by atoms with Gasteiger partial charge in [-0.2, -0.15) is 4.99 Å². The molecule has 0 aliphatic rings. The molecular weight excluding hydrogens is 300 g/mol. The molecule has 0 N–H and O–H groups in total. The second-order valence-electron chi connectivity index (χ2n) is 5.58. The van der Waals surface area contributed by atoms with E-state index in [-0.39, 0.29) is 5.91 Å². The van der Waals surface area contributed by atoms with Crippen molar-refractivity contribution < 1.29 is 9.21 Å². The molecule has 0 radical (unpaired) electrons. The monoisotopic (exact) mass is 320 g/mol. The summed E-state index contributed by atoms with van der Waals surface area (Å²) in [5.74, 6) is 0.461. The first-order valence-corrected chi connectivity index (χ1v) is 8.10. The summed E-state index contributed by atoms with van der Waals surface area (Å²) in [6.07, 6.45) is 0.915. The zero-order chi connectivity index (χ0) is 16.9. The highest BCUT2D eigenvalue weighted by Crippen LogP contribution is 2.31. The summed E-state index contributed by atoms with van der Waals surface area (Å²) in [5, 5.41) is 0. The third-order valence-corrected chi connectivity index (χ3v) is 3.69. The maximum Gasteiger partial charge on any atom is 0.305 e. The molecule has 0 atom stereocenters. The Labute approximate surface area is 141 Å². The third-order valence-electron chi connectivity index (χ3n) is 3.69. The number of hydrogen-bond acceptors (Lipinski definition) is 2. The van der Waals surface area contributed by atoms with Crippen LogP contribution in [0.3, 0.4) is 0 Å². The number of rotatable bonds is 4. The summed E-state index contributed by atoms with van der Waals surface area (Å²) < 4.78 is 8.01. The van der Waals surface area contributed by atoms with Crippen LogP contribution in [0.4, 0.5) is 0 Å². The van der Waals surface area contributed by atoms with Crippen LogP contribution in [-0.4, -0.2) is 10.5 Å². The minimum Gasteiger partial charge on any atom is -0.423 e. The summed E-state index contributed by atoms with van der Waals surface area (Å²) in [5.41, 5.74) is 3.30. The Bertz CT molecular complexity index is 890. The number of nitrogens with zero attached hydrogens (tertiary/aromatic N) is 2. The van der Waals surface area contributed by atoms with Crippen molar-refractivity contribution >= 4 is 5.91 Å². The van der Waals surface area contributed by atoms with Crippen molar-refractivity contribution in [1.29, 1.82) is 0 Å². The van der Waals surface area contributed by atoms with Crippen LogP contribution in [0.2, 0.25) is 0 Å². The SMILES string of the molecule is CCCn1c(-c2ccccc2)c(-c2ccccc2)oc1=NC(C)=O. The van der Waals surface area contributed by atoms with Gasteiger partial charge in [0.1, 0.15) is 0 Å². The summed E-state index contributed by atoms with van der Waals surface area (Å²) in [7, 11) is 0. The van der Waals surface area contributed by atoms with Gasteiger partial charge in [0.25, 0.3) is 0 Å². The predicted octanol–water partition coefficient (Wildman–Crippen LogP) is 4.27. The van der Waals surface area contributed by atoms with Gasteiger partial charge in [-0.1, -0.05) is 67.6 Å². The van der Waals surface area contributed by atoms with Crippen LogP contribution in [0, 0.1) is 0 Å². The summed E-state index contributed by atoms with van der Waals surface area (Å²) in [4.78, 5) is 15.6. The average molecular weight is 320 g/mol. The van der Waals surface area contributed by atoms with Gasteiger partial charge >= 0.3 is 5.68 Å². The Hall–Kier alpha value is -2.88. The molecule has 0 spiro atoms. The zero-order valence-electron chi connectivity index (χ0n) is 13.9. The molecule has 0 aliphatic heterocycles. The van der Waals surface area contributed by atoms with E-state index in [4.69, 9.17) is 4.42 Å². The van der Waals surface area contributed by atoms with Gasteiger partial charge in [0.15, 0.2) is 5.76 Å². The van der Waals surface area contributed by atoms with Gasteiger partial charge < -0.3 is 4.42 Å². The number of amides is 1. The maximum absolute atomic E-state index is 11.5. The lowest BCUT2D eigenvalue weighted by molar-refractivity contribution is -0.116. The van der Waals surface area contributed by atoms with E-state index in [1.807, 2.05) is 65.2 Å². The summed E-state index contributed by atoms with van der Waals surface area (Å²) in [6, 6.07) is 20.0. The molecule has 3 aromatic rings. The molecule has 0 bridgehead atoms.